The van der Waals surface area contributed by atoms with E-state index in [1.165, 1.54) is 6.07 Å². The number of hydrogen-bond donors (Lipinski definition) is 2. The summed E-state index contributed by atoms with van der Waals surface area (Å²) in [5.41, 5.74) is 0.987. The van der Waals surface area contributed by atoms with Gasteiger partial charge in [-0.05, 0) is 32.0 Å². The summed E-state index contributed by atoms with van der Waals surface area (Å²) in [6.07, 6.45) is 0. The van der Waals surface area contributed by atoms with Crippen LogP contribution in [0.25, 0.3) is 0 Å². The summed E-state index contributed by atoms with van der Waals surface area (Å²) in [6.45, 7) is 6.30. The predicted molar refractivity (Wildman–Crippen MR) is 76.7 cm³/mol. The molecule has 0 aliphatic carbocycles. The van der Waals surface area contributed by atoms with E-state index < -0.39 is 0 Å². The van der Waals surface area contributed by atoms with Gasteiger partial charge in [-0.1, -0.05) is 0 Å². The number of amides is 2. The van der Waals surface area contributed by atoms with Crippen LogP contribution >= 0.6 is 0 Å². The Morgan fingerprint density at radius 1 is 1.35 bits per heavy atom. The second-order valence-corrected chi connectivity index (χ2v) is 5.02. The number of benzene rings is 1. The van der Waals surface area contributed by atoms with Gasteiger partial charge in [0.2, 0.25) is 0 Å². The van der Waals surface area contributed by atoms with E-state index in [-0.39, 0.29) is 17.9 Å². The lowest BCUT2D eigenvalue weighted by Gasteiger charge is -2.29. The molecule has 110 valence electrons. The van der Waals surface area contributed by atoms with Crippen molar-refractivity contribution in [3.05, 3.63) is 24.0 Å². The largest absolute Gasteiger partial charge is 0.378 e. The van der Waals surface area contributed by atoms with Crippen molar-refractivity contribution in [2.75, 3.05) is 36.5 Å². The summed E-state index contributed by atoms with van der Waals surface area (Å²) in [7, 11) is 0. The van der Waals surface area contributed by atoms with Gasteiger partial charge in [0.25, 0.3) is 0 Å². The maximum absolute atomic E-state index is 14.1. The van der Waals surface area contributed by atoms with Gasteiger partial charge in [0.15, 0.2) is 0 Å². The highest BCUT2D eigenvalue weighted by molar-refractivity contribution is 5.89. The minimum Gasteiger partial charge on any atom is -0.378 e. The van der Waals surface area contributed by atoms with Crippen molar-refractivity contribution in [3.63, 3.8) is 0 Å². The molecule has 0 atom stereocenters. The van der Waals surface area contributed by atoms with Gasteiger partial charge in [-0.2, -0.15) is 0 Å². The van der Waals surface area contributed by atoms with E-state index in [0.29, 0.717) is 37.7 Å². The molecule has 0 saturated carbocycles. The summed E-state index contributed by atoms with van der Waals surface area (Å²) in [6, 6.07) is 4.43. The first-order chi connectivity index (χ1) is 9.56. The Bertz CT molecular complexity index is 473. The van der Waals surface area contributed by atoms with Crippen molar-refractivity contribution in [1.29, 1.82) is 0 Å². The summed E-state index contributed by atoms with van der Waals surface area (Å²) < 4.78 is 19.3. The zero-order chi connectivity index (χ0) is 14.5. The molecule has 0 bridgehead atoms. The summed E-state index contributed by atoms with van der Waals surface area (Å²) >= 11 is 0. The van der Waals surface area contributed by atoms with Crippen LogP contribution in [0.5, 0.6) is 0 Å². The van der Waals surface area contributed by atoms with Gasteiger partial charge in [0.05, 0.1) is 18.9 Å². The first-order valence-corrected chi connectivity index (χ1v) is 6.76. The van der Waals surface area contributed by atoms with Gasteiger partial charge in [-0.15, -0.1) is 0 Å². The molecule has 1 aliphatic rings. The molecule has 1 saturated heterocycles. The Kier molecular flexibility index (Phi) is 4.79. The van der Waals surface area contributed by atoms with Crippen LogP contribution in [-0.2, 0) is 4.74 Å². The number of halogens is 1. The quantitative estimate of drug-likeness (QED) is 0.893. The Morgan fingerprint density at radius 3 is 2.65 bits per heavy atom. The normalized spacial score (nSPS) is 15.3. The zero-order valence-corrected chi connectivity index (χ0v) is 11.8. The van der Waals surface area contributed by atoms with Crippen LogP contribution in [0.2, 0.25) is 0 Å². The molecule has 0 spiro atoms. The van der Waals surface area contributed by atoms with Crippen LogP contribution in [0, 0.1) is 5.82 Å². The van der Waals surface area contributed by atoms with Crippen molar-refractivity contribution in [3.8, 4) is 0 Å². The second kappa shape index (κ2) is 6.56. The van der Waals surface area contributed by atoms with Gasteiger partial charge >= 0.3 is 6.03 Å². The number of ether oxygens (including phenoxy) is 1. The molecular weight excluding hydrogens is 261 g/mol. The van der Waals surface area contributed by atoms with E-state index >= 15 is 0 Å². The SMILES string of the molecule is CC(C)NC(=O)Nc1ccc(N2CCOCC2)c(F)c1. The number of nitrogens with zero attached hydrogens (tertiary/aromatic N) is 1. The number of rotatable bonds is 3. The molecule has 0 unspecified atom stereocenters. The Balaban J connectivity index is 2.03. The number of morpholine rings is 1. The number of carbonyl (C=O) groups is 1. The van der Waals surface area contributed by atoms with E-state index in [1.54, 1.807) is 12.1 Å². The highest BCUT2D eigenvalue weighted by atomic mass is 19.1. The first-order valence-electron chi connectivity index (χ1n) is 6.76. The zero-order valence-electron chi connectivity index (χ0n) is 11.8. The predicted octanol–water partition coefficient (Wildman–Crippen LogP) is 2.19. The lowest BCUT2D eigenvalue weighted by atomic mass is 10.2. The third-order valence-electron chi connectivity index (χ3n) is 2.98. The number of urea groups is 1. The molecule has 0 aromatic heterocycles. The Labute approximate surface area is 118 Å². The fourth-order valence-electron chi connectivity index (χ4n) is 2.07. The molecule has 1 heterocycles. The number of nitrogens with one attached hydrogen (secondary N) is 2. The van der Waals surface area contributed by atoms with Gasteiger partial charge in [0.1, 0.15) is 5.82 Å². The first kappa shape index (κ1) is 14.6. The monoisotopic (exact) mass is 281 g/mol. The van der Waals surface area contributed by atoms with Crippen LogP contribution < -0.4 is 15.5 Å². The van der Waals surface area contributed by atoms with Crippen LogP contribution in [-0.4, -0.2) is 38.4 Å². The molecule has 1 aromatic rings. The fourth-order valence-corrected chi connectivity index (χ4v) is 2.07. The molecule has 2 N–H and O–H groups in total. The lowest BCUT2D eigenvalue weighted by molar-refractivity contribution is 0.122. The Hall–Kier alpha value is -1.82. The topological polar surface area (TPSA) is 53.6 Å². The third-order valence-corrected chi connectivity index (χ3v) is 2.98. The van der Waals surface area contributed by atoms with E-state index in [1.807, 2.05) is 18.7 Å². The average molecular weight is 281 g/mol. The molecule has 6 heteroatoms. The summed E-state index contributed by atoms with van der Waals surface area (Å²) in [4.78, 5) is 13.5. The van der Waals surface area contributed by atoms with Crippen molar-refractivity contribution < 1.29 is 13.9 Å². The molecule has 1 aliphatic heterocycles. The van der Waals surface area contributed by atoms with Crippen molar-refractivity contribution >= 4 is 17.4 Å². The number of hydrogen-bond acceptors (Lipinski definition) is 3. The highest BCUT2D eigenvalue weighted by Gasteiger charge is 2.15. The maximum atomic E-state index is 14.1. The van der Waals surface area contributed by atoms with E-state index in [2.05, 4.69) is 10.6 Å². The minimum absolute atomic E-state index is 0.0347. The number of anilines is 2. The van der Waals surface area contributed by atoms with Gasteiger partial charge in [-0.3, -0.25) is 0 Å². The van der Waals surface area contributed by atoms with Crippen molar-refractivity contribution in [1.82, 2.24) is 5.32 Å². The Morgan fingerprint density at radius 2 is 2.05 bits per heavy atom. The molecule has 20 heavy (non-hydrogen) atoms. The standard InChI is InChI=1S/C14H20FN3O2/c1-10(2)16-14(19)17-11-3-4-13(12(15)9-11)18-5-7-20-8-6-18/h3-4,9-10H,5-8H2,1-2H3,(H2,16,17,19). The average Bonchev–Trinajstić information content (AvgIpc) is 2.38. The molecular formula is C14H20FN3O2. The van der Waals surface area contributed by atoms with Gasteiger partial charge in [0, 0.05) is 24.8 Å². The van der Waals surface area contributed by atoms with Crippen LogP contribution in [0.1, 0.15) is 13.8 Å². The van der Waals surface area contributed by atoms with Gasteiger partial charge in [-0.25, -0.2) is 9.18 Å². The van der Waals surface area contributed by atoms with Crippen LogP contribution in [0.3, 0.4) is 0 Å². The third kappa shape index (κ3) is 3.84. The van der Waals surface area contributed by atoms with E-state index in [4.69, 9.17) is 4.74 Å². The smallest absolute Gasteiger partial charge is 0.319 e. The molecule has 0 radical (unpaired) electrons. The summed E-state index contributed by atoms with van der Waals surface area (Å²) in [5, 5.41) is 5.30. The van der Waals surface area contributed by atoms with Crippen molar-refractivity contribution in [2.45, 2.75) is 19.9 Å². The minimum atomic E-state index is -0.339. The maximum Gasteiger partial charge on any atom is 0.319 e. The molecule has 1 fully saturated rings. The van der Waals surface area contributed by atoms with Crippen LogP contribution in [0.4, 0.5) is 20.6 Å². The van der Waals surface area contributed by atoms with Crippen molar-refractivity contribution in [2.24, 2.45) is 0 Å². The van der Waals surface area contributed by atoms with Gasteiger partial charge < -0.3 is 20.3 Å². The number of carbonyl (C=O) groups excluding carboxylic acids is 1. The molecule has 2 rings (SSSR count). The highest BCUT2D eigenvalue weighted by Crippen LogP contribution is 2.23. The molecule has 2 amide bonds. The fraction of sp³-hybridized carbons (Fsp3) is 0.500. The lowest BCUT2D eigenvalue weighted by Crippen LogP contribution is -2.37. The molecule has 5 nitrogen and oxygen atoms in total. The molecule has 1 aromatic carbocycles. The van der Waals surface area contributed by atoms with E-state index in [9.17, 15) is 9.18 Å². The second-order valence-electron chi connectivity index (χ2n) is 5.02. The van der Waals surface area contributed by atoms with E-state index in [0.717, 1.165) is 0 Å². The summed E-state index contributed by atoms with van der Waals surface area (Å²) in [5.74, 6) is -0.339. The van der Waals surface area contributed by atoms with Crippen LogP contribution in [0.15, 0.2) is 18.2 Å².